The zero-order valence-corrected chi connectivity index (χ0v) is 12.9. The fraction of sp³-hybridized carbons (Fsp3) is 0.643. The number of aromatic nitrogens is 2. The molecule has 6 nitrogen and oxygen atoms in total. The van der Waals surface area contributed by atoms with Crippen molar-refractivity contribution in [3.05, 3.63) is 17.7 Å². The van der Waals surface area contributed by atoms with Gasteiger partial charge >= 0.3 is 0 Å². The third-order valence-electron chi connectivity index (χ3n) is 2.87. The minimum atomic E-state index is -0.123. The number of methoxy groups -OCH3 is 1. The Morgan fingerprint density at radius 1 is 1.50 bits per heavy atom. The number of nitrogens with zero attached hydrogens (tertiary/aromatic N) is 3. The number of amides is 1. The van der Waals surface area contributed by atoms with Crippen LogP contribution in [0, 0.1) is 0 Å². The van der Waals surface area contributed by atoms with E-state index in [4.69, 9.17) is 4.74 Å². The van der Waals surface area contributed by atoms with Crippen molar-refractivity contribution in [2.24, 2.45) is 0 Å². The first-order valence-electron chi connectivity index (χ1n) is 6.86. The number of anilines is 1. The van der Waals surface area contributed by atoms with Gasteiger partial charge in [0, 0.05) is 33.2 Å². The molecule has 1 amide bonds. The summed E-state index contributed by atoms with van der Waals surface area (Å²) in [5, 5.41) is 3.13. The molecule has 0 saturated carbocycles. The van der Waals surface area contributed by atoms with Crippen molar-refractivity contribution in [3.63, 3.8) is 0 Å². The van der Waals surface area contributed by atoms with Gasteiger partial charge in [-0.15, -0.1) is 0 Å². The smallest absolute Gasteiger partial charge is 0.274 e. The number of carbonyl (C=O) groups excluding carboxylic acids is 1. The predicted molar refractivity (Wildman–Crippen MR) is 79.1 cm³/mol. The van der Waals surface area contributed by atoms with Crippen molar-refractivity contribution in [3.8, 4) is 0 Å². The van der Waals surface area contributed by atoms with Gasteiger partial charge in [0.25, 0.3) is 5.91 Å². The van der Waals surface area contributed by atoms with Gasteiger partial charge in [0.15, 0.2) is 5.69 Å². The molecule has 0 bridgehead atoms. The van der Waals surface area contributed by atoms with Gasteiger partial charge < -0.3 is 15.0 Å². The predicted octanol–water partition coefficient (Wildman–Crippen LogP) is 1.75. The van der Waals surface area contributed by atoms with Gasteiger partial charge in [-0.1, -0.05) is 13.8 Å². The number of rotatable bonds is 7. The van der Waals surface area contributed by atoms with Crippen LogP contribution in [0.25, 0.3) is 0 Å². The second-order valence-corrected chi connectivity index (χ2v) is 4.90. The molecule has 0 fully saturated rings. The first-order valence-corrected chi connectivity index (χ1v) is 6.86. The molecule has 112 valence electrons. The van der Waals surface area contributed by atoms with Crippen molar-refractivity contribution in [2.45, 2.75) is 26.7 Å². The minimum Gasteiger partial charge on any atom is -0.383 e. The number of hydrogen-bond acceptors (Lipinski definition) is 5. The van der Waals surface area contributed by atoms with Gasteiger partial charge in [-0.05, 0) is 6.92 Å². The maximum atomic E-state index is 12.5. The second-order valence-electron chi connectivity index (χ2n) is 4.90. The van der Waals surface area contributed by atoms with Crippen molar-refractivity contribution < 1.29 is 9.53 Å². The molecular weight excluding hydrogens is 256 g/mol. The van der Waals surface area contributed by atoms with Gasteiger partial charge in [-0.25, -0.2) is 9.97 Å². The highest BCUT2D eigenvalue weighted by Crippen LogP contribution is 2.17. The lowest BCUT2D eigenvalue weighted by atomic mass is 10.2. The number of ether oxygens (including phenoxy) is 1. The normalized spacial score (nSPS) is 10.7. The minimum absolute atomic E-state index is 0.123. The molecule has 0 aliphatic carbocycles. The van der Waals surface area contributed by atoms with Crippen molar-refractivity contribution >= 4 is 11.6 Å². The van der Waals surface area contributed by atoms with Gasteiger partial charge in [0.05, 0.1) is 18.5 Å². The average molecular weight is 280 g/mol. The van der Waals surface area contributed by atoms with Crippen LogP contribution in [0.15, 0.2) is 6.20 Å². The van der Waals surface area contributed by atoms with Crippen LogP contribution in [-0.4, -0.2) is 54.6 Å². The van der Waals surface area contributed by atoms with E-state index in [1.54, 1.807) is 25.3 Å². The van der Waals surface area contributed by atoms with Crippen LogP contribution >= 0.6 is 0 Å². The van der Waals surface area contributed by atoms with E-state index in [1.165, 1.54) is 0 Å². The van der Waals surface area contributed by atoms with E-state index in [1.807, 2.05) is 20.8 Å². The van der Waals surface area contributed by atoms with Crippen LogP contribution in [0.5, 0.6) is 0 Å². The molecule has 1 rings (SSSR count). The zero-order valence-electron chi connectivity index (χ0n) is 12.9. The Morgan fingerprint density at radius 3 is 2.75 bits per heavy atom. The Morgan fingerprint density at radius 2 is 2.20 bits per heavy atom. The molecule has 0 aliphatic heterocycles. The molecule has 1 heterocycles. The maximum absolute atomic E-state index is 12.5. The Kier molecular flexibility index (Phi) is 6.38. The second kappa shape index (κ2) is 7.79. The summed E-state index contributed by atoms with van der Waals surface area (Å²) in [6, 6.07) is 0. The van der Waals surface area contributed by atoms with Crippen molar-refractivity contribution in [1.29, 1.82) is 0 Å². The molecule has 0 aromatic carbocycles. The van der Waals surface area contributed by atoms with Crippen LogP contribution in [0.3, 0.4) is 0 Å². The topological polar surface area (TPSA) is 67.4 Å². The lowest BCUT2D eigenvalue weighted by molar-refractivity contribution is 0.0739. The van der Waals surface area contributed by atoms with Crippen LogP contribution in [0.4, 0.5) is 5.69 Å². The molecule has 0 aliphatic rings. The van der Waals surface area contributed by atoms with Crippen LogP contribution < -0.4 is 5.32 Å². The monoisotopic (exact) mass is 280 g/mol. The first-order chi connectivity index (χ1) is 9.51. The Bertz CT molecular complexity index is 449. The van der Waals surface area contributed by atoms with Gasteiger partial charge in [0.1, 0.15) is 5.82 Å². The Hall–Kier alpha value is -1.69. The van der Waals surface area contributed by atoms with Gasteiger partial charge in [-0.2, -0.15) is 0 Å². The molecule has 0 spiro atoms. The number of likely N-dealkylation sites (N-methyl/N-ethyl adjacent to an activating group) is 1. The van der Waals surface area contributed by atoms with E-state index in [9.17, 15) is 4.79 Å². The van der Waals surface area contributed by atoms with E-state index < -0.39 is 0 Å². The Balaban J connectivity index is 3.04. The standard InChI is InChI=1S/C14H24N4O2/c1-6-15-11-9-16-13(10(2)3)17-12(11)14(19)18(4)7-8-20-5/h9-10,15H,6-8H2,1-5H3. The number of nitrogens with one attached hydrogen (secondary N) is 1. The van der Waals surface area contributed by atoms with E-state index in [0.717, 1.165) is 0 Å². The highest BCUT2D eigenvalue weighted by molar-refractivity contribution is 5.97. The van der Waals surface area contributed by atoms with E-state index in [0.29, 0.717) is 36.9 Å². The van der Waals surface area contributed by atoms with Gasteiger partial charge in [-0.3, -0.25) is 4.79 Å². The van der Waals surface area contributed by atoms with E-state index in [-0.39, 0.29) is 11.8 Å². The summed E-state index contributed by atoms with van der Waals surface area (Å²) in [7, 11) is 3.36. The van der Waals surface area contributed by atoms with Crippen LogP contribution in [0.2, 0.25) is 0 Å². The highest BCUT2D eigenvalue weighted by Gasteiger charge is 2.19. The fourth-order valence-corrected chi connectivity index (χ4v) is 1.67. The number of carbonyl (C=O) groups is 1. The van der Waals surface area contributed by atoms with E-state index >= 15 is 0 Å². The molecule has 0 saturated heterocycles. The van der Waals surface area contributed by atoms with Crippen LogP contribution in [0.1, 0.15) is 43.0 Å². The molecule has 1 N–H and O–H groups in total. The molecule has 6 heteroatoms. The highest BCUT2D eigenvalue weighted by atomic mass is 16.5. The third-order valence-corrected chi connectivity index (χ3v) is 2.87. The molecule has 1 aromatic rings. The summed E-state index contributed by atoms with van der Waals surface area (Å²) in [6.45, 7) is 7.73. The lowest BCUT2D eigenvalue weighted by Gasteiger charge is -2.19. The summed E-state index contributed by atoms with van der Waals surface area (Å²) < 4.78 is 5.00. The molecule has 0 unspecified atom stereocenters. The summed E-state index contributed by atoms with van der Waals surface area (Å²) in [4.78, 5) is 22.8. The zero-order chi connectivity index (χ0) is 15.1. The fourth-order valence-electron chi connectivity index (χ4n) is 1.67. The molecule has 20 heavy (non-hydrogen) atoms. The largest absolute Gasteiger partial charge is 0.383 e. The SMILES string of the molecule is CCNc1cnc(C(C)C)nc1C(=O)N(C)CCOC. The average Bonchev–Trinajstić information content (AvgIpc) is 2.44. The summed E-state index contributed by atoms with van der Waals surface area (Å²) in [6.07, 6.45) is 1.68. The summed E-state index contributed by atoms with van der Waals surface area (Å²) in [5.41, 5.74) is 1.09. The van der Waals surface area contributed by atoms with Gasteiger partial charge in [0.2, 0.25) is 0 Å². The van der Waals surface area contributed by atoms with Crippen molar-refractivity contribution in [1.82, 2.24) is 14.9 Å². The molecular formula is C14H24N4O2. The molecule has 0 atom stereocenters. The van der Waals surface area contributed by atoms with E-state index in [2.05, 4.69) is 15.3 Å². The first kappa shape index (κ1) is 16.4. The summed E-state index contributed by atoms with van der Waals surface area (Å²) in [5.74, 6) is 0.735. The maximum Gasteiger partial charge on any atom is 0.274 e. The Labute approximate surface area is 120 Å². The number of hydrogen-bond donors (Lipinski definition) is 1. The van der Waals surface area contributed by atoms with Crippen molar-refractivity contribution in [2.75, 3.05) is 39.2 Å². The lowest BCUT2D eigenvalue weighted by Crippen LogP contribution is -2.31. The van der Waals surface area contributed by atoms with Crippen LogP contribution in [-0.2, 0) is 4.74 Å². The quantitative estimate of drug-likeness (QED) is 0.824. The third kappa shape index (κ3) is 4.16. The summed E-state index contributed by atoms with van der Waals surface area (Å²) >= 11 is 0. The molecule has 0 radical (unpaired) electrons. The molecule has 1 aromatic heterocycles.